The Bertz CT molecular complexity index is 600. The van der Waals surface area contributed by atoms with Gasteiger partial charge in [-0.05, 0) is 44.9 Å². The number of amides is 1. The van der Waals surface area contributed by atoms with Gasteiger partial charge in [-0.15, -0.1) is 0 Å². The van der Waals surface area contributed by atoms with E-state index in [1.807, 2.05) is 24.3 Å². The lowest BCUT2D eigenvalue weighted by Crippen LogP contribution is -2.31. The fraction of sp³-hybridized carbons (Fsp3) is 0.562. The molecule has 0 aliphatic carbocycles. The molecule has 0 aromatic heterocycles. The number of benzene rings is 1. The first-order valence-electron chi connectivity index (χ1n) is 7.91. The van der Waals surface area contributed by atoms with Crippen LogP contribution >= 0.6 is 0 Å². The minimum absolute atomic E-state index is 0.0917. The van der Waals surface area contributed by atoms with Gasteiger partial charge in [0.15, 0.2) is 0 Å². The molecule has 0 bridgehead atoms. The van der Waals surface area contributed by atoms with Crippen molar-refractivity contribution >= 4 is 27.3 Å². The SMILES string of the molecule is CC(=O)Nc1cccc(NCCCCCNS(=O)(=O)C(C)C)c1. The second kappa shape index (κ2) is 9.52. The van der Waals surface area contributed by atoms with E-state index in [-0.39, 0.29) is 11.2 Å². The van der Waals surface area contributed by atoms with Crippen molar-refractivity contribution in [3.8, 4) is 0 Å². The molecule has 0 radical (unpaired) electrons. The van der Waals surface area contributed by atoms with Crippen LogP contribution in [0.25, 0.3) is 0 Å². The maximum absolute atomic E-state index is 11.6. The minimum atomic E-state index is -3.15. The average molecular weight is 341 g/mol. The number of sulfonamides is 1. The van der Waals surface area contributed by atoms with Crippen molar-refractivity contribution in [2.24, 2.45) is 0 Å². The molecule has 0 aliphatic rings. The molecule has 0 saturated heterocycles. The Labute approximate surface area is 139 Å². The van der Waals surface area contributed by atoms with E-state index in [2.05, 4.69) is 15.4 Å². The lowest BCUT2D eigenvalue weighted by molar-refractivity contribution is -0.114. The summed E-state index contributed by atoms with van der Waals surface area (Å²) >= 11 is 0. The molecule has 0 heterocycles. The molecule has 1 aromatic rings. The van der Waals surface area contributed by atoms with Crippen molar-refractivity contribution in [3.05, 3.63) is 24.3 Å². The van der Waals surface area contributed by atoms with E-state index >= 15 is 0 Å². The third-order valence-electron chi connectivity index (χ3n) is 3.29. The van der Waals surface area contributed by atoms with E-state index < -0.39 is 10.0 Å². The van der Waals surface area contributed by atoms with E-state index in [1.54, 1.807) is 13.8 Å². The van der Waals surface area contributed by atoms with E-state index in [1.165, 1.54) is 6.92 Å². The Hall–Kier alpha value is -1.60. The van der Waals surface area contributed by atoms with Crippen LogP contribution in [0.1, 0.15) is 40.0 Å². The van der Waals surface area contributed by atoms with Gasteiger partial charge in [0.1, 0.15) is 0 Å². The fourth-order valence-corrected chi connectivity index (χ4v) is 2.71. The number of carbonyl (C=O) groups is 1. The highest BCUT2D eigenvalue weighted by molar-refractivity contribution is 7.90. The van der Waals surface area contributed by atoms with Gasteiger partial charge < -0.3 is 10.6 Å². The van der Waals surface area contributed by atoms with Crippen LogP contribution in [0.2, 0.25) is 0 Å². The third-order valence-corrected chi connectivity index (χ3v) is 5.14. The zero-order chi connectivity index (χ0) is 17.3. The molecule has 0 atom stereocenters. The monoisotopic (exact) mass is 341 g/mol. The lowest BCUT2D eigenvalue weighted by atomic mass is 10.2. The van der Waals surface area contributed by atoms with Gasteiger partial charge in [0, 0.05) is 31.4 Å². The molecule has 6 nitrogen and oxygen atoms in total. The van der Waals surface area contributed by atoms with Crippen molar-refractivity contribution in [2.45, 2.75) is 45.3 Å². The Balaban J connectivity index is 2.19. The van der Waals surface area contributed by atoms with Crippen molar-refractivity contribution in [1.29, 1.82) is 0 Å². The molecule has 130 valence electrons. The number of hydrogen-bond acceptors (Lipinski definition) is 4. The Morgan fingerprint density at radius 3 is 2.39 bits per heavy atom. The van der Waals surface area contributed by atoms with Crippen LogP contribution in [-0.2, 0) is 14.8 Å². The van der Waals surface area contributed by atoms with Crippen LogP contribution in [0.3, 0.4) is 0 Å². The van der Waals surface area contributed by atoms with Crippen molar-refractivity contribution in [3.63, 3.8) is 0 Å². The van der Waals surface area contributed by atoms with E-state index in [4.69, 9.17) is 0 Å². The maximum Gasteiger partial charge on any atom is 0.221 e. The normalized spacial score (nSPS) is 11.5. The fourth-order valence-electron chi connectivity index (χ4n) is 1.95. The van der Waals surface area contributed by atoms with Crippen LogP contribution in [0.5, 0.6) is 0 Å². The zero-order valence-electron chi connectivity index (χ0n) is 14.1. The van der Waals surface area contributed by atoms with E-state index in [0.717, 1.165) is 37.2 Å². The standard InChI is InChI=1S/C16H27N3O3S/c1-13(2)23(21,22)18-11-6-4-5-10-17-15-8-7-9-16(12-15)19-14(3)20/h7-9,12-13,17-18H,4-6,10-11H2,1-3H3,(H,19,20). The van der Waals surface area contributed by atoms with Gasteiger partial charge in [-0.25, -0.2) is 13.1 Å². The summed E-state index contributed by atoms with van der Waals surface area (Å²) in [6, 6.07) is 7.56. The zero-order valence-corrected chi connectivity index (χ0v) is 14.9. The Morgan fingerprint density at radius 1 is 1.09 bits per heavy atom. The quantitative estimate of drug-likeness (QED) is 0.571. The summed E-state index contributed by atoms with van der Waals surface area (Å²) in [4.78, 5) is 11.0. The second-order valence-electron chi connectivity index (χ2n) is 5.74. The number of carbonyl (C=O) groups excluding carboxylic acids is 1. The number of rotatable bonds is 10. The Kier molecular flexibility index (Phi) is 8.05. The molecule has 0 unspecified atom stereocenters. The van der Waals surface area contributed by atoms with Gasteiger partial charge in [0.25, 0.3) is 0 Å². The molecular formula is C16H27N3O3S. The summed E-state index contributed by atoms with van der Waals surface area (Å²) in [5.41, 5.74) is 1.72. The summed E-state index contributed by atoms with van der Waals surface area (Å²) in [6.07, 6.45) is 2.71. The van der Waals surface area contributed by atoms with Crippen LogP contribution in [0.15, 0.2) is 24.3 Å². The van der Waals surface area contributed by atoms with Gasteiger partial charge in [-0.1, -0.05) is 12.5 Å². The molecule has 7 heteroatoms. The van der Waals surface area contributed by atoms with E-state index in [0.29, 0.717) is 6.54 Å². The maximum atomic E-state index is 11.6. The van der Waals surface area contributed by atoms with Crippen molar-refractivity contribution in [1.82, 2.24) is 4.72 Å². The summed E-state index contributed by atoms with van der Waals surface area (Å²) in [7, 11) is -3.15. The topological polar surface area (TPSA) is 87.3 Å². The number of hydrogen-bond donors (Lipinski definition) is 3. The number of unbranched alkanes of at least 4 members (excludes halogenated alkanes) is 2. The molecule has 0 fully saturated rings. The first-order valence-corrected chi connectivity index (χ1v) is 9.46. The molecule has 3 N–H and O–H groups in total. The highest BCUT2D eigenvalue weighted by atomic mass is 32.2. The molecule has 1 aromatic carbocycles. The lowest BCUT2D eigenvalue weighted by Gasteiger charge is -2.10. The molecule has 1 amide bonds. The predicted octanol–water partition coefficient (Wildman–Crippen LogP) is 2.56. The highest BCUT2D eigenvalue weighted by Crippen LogP contribution is 2.15. The van der Waals surface area contributed by atoms with Crippen LogP contribution in [0, 0.1) is 0 Å². The van der Waals surface area contributed by atoms with Gasteiger partial charge in [0.2, 0.25) is 15.9 Å². The van der Waals surface area contributed by atoms with Crippen LogP contribution in [0.4, 0.5) is 11.4 Å². The third kappa shape index (κ3) is 7.99. The minimum Gasteiger partial charge on any atom is -0.385 e. The predicted molar refractivity (Wildman–Crippen MR) is 95.1 cm³/mol. The summed E-state index contributed by atoms with van der Waals surface area (Å²) in [6.45, 7) is 6.11. The Morgan fingerprint density at radius 2 is 1.74 bits per heavy atom. The van der Waals surface area contributed by atoms with E-state index in [9.17, 15) is 13.2 Å². The van der Waals surface area contributed by atoms with Gasteiger partial charge in [-0.3, -0.25) is 4.79 Å². The van der Waals surface area contributed by atoms with Crippen molar-refractivity contribution in [2.75, 3.05) is 23.7 Å². The molecule has 1 rings (SSSR count). The van der Waals surface area contributed by atoms with Crippen LogP contribution in [-0.4, -0.2) is 32.7 Å². The second-order valence-corrected chi connectivity index (χ2v) is 8.06. The highest BCUT2D eigenvalue weighted by Gasteiger charge is 2.13. The van der Waals surface area contributed by atoms with Gasteiger partial charge >= 0.3 is 0 Å². The average Bonchev–Trinajstić information content (AvgIpc) is 2.45. The number of anilines is 2. The first-order chi connectivity index (χ1) is 10.8. The molecule has 0 spiro atoms. The summed E-state index contributed by atoms with van der Waals surface area (Å²) in [5, 5.41) is 5.65. The smallest absolute Gasteiger partial charge is 0.221 e. The van der Waals surface area contributed by atoms with Crippen molar-refractivity contribution < 1.29 is 13.2 Å². The van der Waals surface area contributed by atoms with Gasteiger partial charge in [-0.2, -0.15) is 0 Å². The first kappa shape index (κ1) is 19.4. The molecular weight excluding hydrogens is 314 g/mol. The molecule has 0 aliphatic heterocycles. The van der Waals surface area contributed by atoms with Crippen LogP contribution < -0.4 is 15.4 Å². The largest absolute Gasteiger partial charge is 0.385 e. The summed E-state index contributed by atoms with van der Waals surface area (Å²) < 4.78 is 25.7. The summed E-state index contributed by atoms with van der Waals surface area (Å²) in [5.74, 6) is -0.0917. The number of nitrogens with one attached hydrogen (secondary N) is 3. The molecule has 0 saturated carbocycles. The molecule has 23 heavy (non-hydrogen) atoms. The van der Waals surface area contributed by atoms with Gasteiger partial charge in [0.05, 0.1) is 5.25 Å².